The minimum absolute atomic E-state index is 0.0655. The fourth-order valence-electron chi connectivity index (χ4n) is 5.01. The van der Waals surface area contributed by atoms with Crippen LogP contribution in [0.1, 0.15) is 85.7 Å². The second-order valence-electron chi connectivity index (χ2n) is 10.8. The molecule has 0 unspecified atom stereocenters. The number of nitrogens with one attached hydrogen (secondary N) is 2. The number of carbonyl (C=O) groups excluding carboxylic acids is 2. The van der Waals surface area contributed by atoms with Crippen molar-refractivity contribution in [3.05, 3.63) is 28.5 Å². The quantitative estimate of drug-likeness (QED) is 0.428. The molecule has 2 amide bonds. The highest BCUT2D eigenvalue weighted by atomic mass is 32.1. The van der Waals surface area contributed by atoms with E-state index in [1.807, 2.05) is 4.90 Å². The Kier molecular flexibility index (Phi) is 7.77. The van der Waals surface area contributed by atoms with Crippen molar-refractivity contribution in [3.8, 4) is 10.4 Å². The molecule has 0 spiro atoms. The Hall–Kier alpha value is -2.73. The molecule has 2 aliphatic heterocycles. The molecule has 38 heavy (non-hydrogen) atoms. The molecule has 4 heterocycles. The van der Waals surface area contributed by atoms with Gasteiger partial charge in [-0.2, -0.15) is 13.2 Å². The number of aromatic nitrogens is 2. The molecule has 0 radical (unpaired) electrons. The number of hydrogen-bond acceptors (Lipinski definition) is 7. The van der Waals surface area contributed by atoms with Crippen molar-refractivity contribution in [2.45, 2.75) is 103 Å². The summed E-state index contributed by atoms with van der Waals surface area (Å²) in [7, 11) is 0. The van der Waals surface area contributed by atoms with Crippen LogP contribution < -0.4 is 10.6 Å². The third-order valence-corrected chi connectivity index (χ3v) is 8.69. The SMILES string of the molecule is CC[C@H](Nc1cc(C)c(-c2sc(C(=O)N[C@@H](C)C(C)(C)O)nc2C(=O)N2C3CCC2CC3)cn1)C(F)(F)F. The Morgan fingerprint density at radius 3 is 2.32 bits per heavy atom. The van der Waals surface area contributed by atoms with E-state index in [9.17, 15) is 27.9 Å². The van der Waals surface area contributed by atoms with Gasteiger partial charge in [0.05, 0.1) is 16.5 Å². The van der Waals surface area contributed by atoms with Crippen molar-refractivity contribution in [1.29, 1.82) is 0 Å². The minimum atomic E-state index is -4.42. The minimum Gasteiger partial charge on any atom is -0.388 e. The van der Waals surface area contributed by atoms with Gasteiger partial charge in [0.25, 0.3) is 11.8 Å². The second kappa shape index (κ2) is 10.4. The average Bonchev–Trinajstić information content (AvgIpc) is 3.55. The molecule has 0 aromatic carbocycles. The number of nitrogens with zero attached hydrogens (tertiary/aromatic N) is 3. The first-order valence-electron chi connectivity index (χ1n) is 12.9. The number of alkyl halides is 3. The molecule has 0 saturated carbocycles. The maximum Gasteiger partial charge on any atom is 0.408 e. The molecule has 2 aliphatic rings. The predicted molar refractivity (Wildman–Crippen MR) is 139 cm³/mol. The lowest BCUT2D eigenvalue weighted by Crippen LogP contribution is -2.47. The lowest BCUT2D eigenvalue weighted by Gasteiger charge is -2.26. The summed E-state index contributed by atoms with van der Waals surface area (Å²) in [6, 6.07) is -0.514. The molecular weight excluding hydrogens is 519 g/mol. The summed E-state index contributed by atoms with van der Waals surface area (Å²) >= 11 is 1.03. The summed E-state index contributed by atoms with van der Waals surface area (Å²) in [6.45, 7) is 8.00. The summed E-state index contributed by atoms with van der Waals surface area (Å²) in [5.74, 6) is -0.697. The van der Waals surface area contributed by atoms with Crippen molar-refractivity contribution in [2.75, 3.05) is 5.32 Å². The van der Waals surface area contributed by atoms with Gasteiger partial charge in [0.15, 0.2) is 5.01 Å². The highest BCUT2D eigenvalue weighted by molar-refractivity contribution is 7.17. The third-order valence-electron chi connectivity index (χ3n) is 7.60. The van der Waals surface area contributed by atoms with Crippen LogP contribution in [0.2, 0.25) is 0 Å². The highest BCUT2D eigenvalue weighted by Gasteiger charge is 2.44. The van der Waals surface area contributed by atoms with Gasteiger partial charge in [-0.15, -0.1) is 11.3 Å². The van der Waals surface area contributed by atoms with Crippen LogP contribution >= 0.6 is 11.3 Å². The number of amides is 2. The lowest BCUT2D eigenvalue weighted by molar-refractivity contribution is -0.142. The number of rotatable bonds is 8. The molecule has 3 N–H and O–H groups in total. The largest absolute Gasteiger partial charge is 0.408 e. The van der Waals surface area contributed by atoms with Gasteiger partial charge < -0.3 is 20.6 Å². The number of hydrogen-bond donors (Lipinski definition) is 3. The first kappa shape index (κ1) is 28.3. The standard InChI is InChI=1S/C26H34F3N5O3S/c1-6-18(26(27,28)29)32-19-11-13(2)17(12-30-19)21-20(24(36)34-15-7-8-16(34)10-9-15)33-23(38-21)22(35)31-14(3)25(4,5)37/h11-12,14-16,18,37H,6-10H2,1-5H3,(H,30,32)(H,31,35)/t14-,15?,16?,18-/m0/s1. The van der Waals surface area contributed by atoms with E-state index in [0.717, 1.165) is 37.0 Å². The fraction of sp³-hybridized carbons (Fsp3) is 0.615. The molecule has 2 saturated heterocycles. The van der Waals surface area contributed by atoms with Gasteiger partial charge in [0.1, 0.15) is 17.6 Å². The molecule has 2 aromatic rings. The van der Waals surface area contributed by atoms with Gasteiger partial charge >= 0.3 is 6.18 Å². The smallest absolute Gasteiger partial charge is 0.388 e. The third kappa shape index (κ3) is 5.66. The van der Waals surface area contributed by atoms with Crippen molar-refractivity contribution >= 4 is 29.0 Å². The molecule has 2 aromatic heterocycles. The average molecular weight is 554 g/mol. The molecule has 2 bridgehead atoms. The lowest BCUT2D eigenvalue weighted by atomic mass is 10.0. The number of pyridine rings is 1. The van der Waals surface area contributed by atoms with E-state index in [4.69, 9.17) is 0 Å². The Morgan fingerprint density at radius 2 is 1.82 bits per heavy atom. The Bertz CT molecular complexity index is 1190. The summed E-state index contributed by atoms with van der Waals surface area (Å²) in [4.78, 5) is 37.8. The van der Waals surface area contributed by atoms with Gasteiger partial charge in [0.2, 0.25) is 0 Å². The number of aryl methyl sites for hydroxylation is 1. The van der Waals surface area contributed by atoms with Crippen molar-refractivity contribution in [1.82, 2.24) is 20.2 Å². The van der Waals surface area contributed by atoms with Crippen molar-refractivity contribution in [2.24, 2.45) is 0 Å². The molecular formula is C26H34F3N5O3S. The Labute approximate surface area is 224 Å². The molecule has 0 aliphatic carbocycles. The zero-order chi connectivity index (χ0) is 28.0. The topological polar surface area (TPSA) is 107 Å². The summed E-state index contributed by atoms with van der Waals surface area (Å²) in [5, 5.41) is 15.5. The van der Waals surface area contributed by atoms with Crippen LogP contribution in [0.25, 0.3) is 10.4 Å². The van der Waals surface area contributed by atoms with Crippen LogP contribution in [-0.4, -0.2) is 67.7 Å². The monoisotopic (exact) mass is 553 g/mol. The number of aliphatic hydroxyl groups is 1. The number of carbonyl (C=O) groups is 2. The van der Waals surface area contributed by atoms with Crippen LogP contribution in [0, 0.1) is 6.92 Å². The van der Waals surface area contributed by atoms with E-state index in [0.29, 0.717) is 16.0 Å². The Balaban J connectivity index is 1.70. The van der Waals surface area contributed by atoms with Gasteiger partial charge in [-0.25, -0.2) is 9.97 Å². The molecule has 12 heteroatoms. The predicted octanol–water partition coefficient (Wildman–Crippen LogP) is 4.92. The number of anilines is 1. The fourth-order valence-corrected chi connectivity index (χ4v) is 6.05. The van der Waals surface area contributed by atoms with Crippen LogP contribution in [0.3, 0.4) is 0 Å². The van der Waals surface area contributed by atoms with Crippen LogP contribution in [0.4, 0.5) is 19.0 Å². The van der Waals surface area contributed by atoms with E-state index in [1.165, 1.54) is 19.2 Å². The number of halogens is 3. The second-order valence-corrected chi connectivity index (χ2v) is 11.8. The highest BCUT2D eigenvalue weighted by Crippen LogP contribution is 2.41. The maximum atomic E-state index is 13.7. The van der Waals surface area contributed by atoms with E-state index in [2.05, 4.69) is 20.6 Å². The molecule has 2 atom stereocenters. The van der Waals surface area contributed by atoms with Gasteiger partial charge in [-0.1, -0.05) is 6.92 Å². The molecule has 4 rings (SSSR count). The molecule has 2 fully saturated rings. The van der Waals surface area contributed by atoms with E-state index < -0.39 is 29.8 Å². The van der Waals surface area contributed by atoms with Crippen LogP contribution in [-0.2, 0) is 0 Å². The normalized spacial score (nSPS) is 20.9. The first-order valence-corrected chi connectivity index (χ1v) is 13.7. The zero-order valence-corrected chi connectivity index (χ0v) is 23.0. The molecule has 208 valence electrons. The van der Waals surface area contributed by atoms with Crippen LogP contribution in [0.15, 0.2) is 12.3 Å². The van der Waals surface area contributed by atoms with Crippen LogP contribution in [0.5, 0.6) is 0 Å². The zero-order valence-electron chi connectivity index (χ0n) is 22.1. The van der Waals surface area contributed by atoms with E-state index in [-0.39, 0.29) is 40.9 Å². The Morgan fingerprint density at radius 1 is 1.21 bits per heavy atom. The number of thiazole rings is 1. The number of fused-ring (bicyclic) bond motifs is 2. The first-order chi connectivity index (χ1) is 17.7. The van der Waals surface area contributed by atoms with Gasteiger partial charge in [-0.05, 0) is 71.4 Å². The van der Waals surface area contributed by atoms with E-state index >= 15 is 0 Å². The van der Waals surface area contributed by atoms with E-state index in [1.54, 1.807) is 27.7 Å². The summed E-state index contributed by atoms with van der Waals surface area (Å²) < 4.78 is 39.8. The van der Waals surface area contributed by atoms with Crippen molar-refractivity contribution in [3.63, 3.8) is 0 Å². The van der Waals surface area contributed by atoms with Crippen molar-refractivity contribution < 1.29 is 27.9 Å². The maximum absolute atomic E-state index is 13.7. The van der Waals surface area contributed by atoms with Gasteiger partial charge in [-0.3, -0.25) is 9.59 Å². The summed E-state index contributed by atoms with van der Waals surface area (Å²) in [6.07, 6.45) is 0.591. The summed E-state index contributed by atoms with van der Waals surface area (Å²) in [5.41, 5.74) is 0.0948. The van der Waals surface area contributed by atoms with Gasteiger partial charge in [0, 0.05) is 23.8 Å². The molecule has 8 nitrogen and oxygen atoms in total.